The van der Waals surface area contributed by atoms with Crippen LogP contribution in [0.25, 0.3) is 11.0 Å². The summed E-state index contributed by atoms with van der Waals surface area (Å²) in [6.07, 6.45) is 0. The smallest absolute Gasteiger partial charge is 0.123 e. The van der Waals surface area contributed by atoms with Crippen molar-refractivity contribution in [3.8, 4) is 0 Å². The van der Waals surface area contributed by atoms with Crippen molar-refractivity contribution in [2.24, 2.45) is 5.73 Å². The first-order chi connectivity index (χ1) is 10.1. The normalized spacial score (nSPS) is 14.3. The first kappa shape index (κ1) is 13.8. The molecule has 0 saturated carbocycles. The van der Waals surface area contributed by atoms with Crippen molar-refractivity contribution in [3.63, 3.8) is 0 Å². The highest BCUT2D eigenvalue weighted by molar-refractivity contribution is 5.76. The van der Waals surface area contributed by atoms with Gasteiger partial charge in [0.15, 0.2) is 0 Å². The van der Waals surface area contributed by atoms with Gasteiger partial charge in [0.1, 0.15) is 11.6 Å². The van der Waals surface area contributed by atoms with Crippen LogP contribution in [0.1, 0.15) is 30.4 Å². The molecular formula is C17H18FN3. The van der Waals surface area contributed by atoms with E-state index in [-0.39, 0.29) is 17.9 Å². The zero-order chi connectivity index (χ0) is 15.0. The Hall–Kier alpha value is -2.20. The number of imidazole rings is 1. The number of halogens is 1. The van der Waals surface area contributed by atoms with Gasteiger partial charge in [0.2, 0.25) is 0 Å². The summed E-state index contributed by atoms with van der Waals surface area (Å²) >= 11 is 0. The summed E-state index contributed by atoms with van der Waals surface area (Å²) in [4.78, 5) is 4.57. The van der Waals surface area contributed by atoms with Gasteiger partial charge in [0, 0.05) is 0 Å². The fourth-order valence-electron chi connectivity index (χ4n) is 2.80. The summed E-state index contributed by atoms with van der Waals surface area (Å²) in [6, 6.07) is 14.2. The SMILES string of the molecule is Cc1nc2ccccc2n1C(C)C(N)c1ccc(F)cc1. The minimum absolute atomic E-state index is 0.0304. The standard InChI is InChI=1S/C17H18FN3/c1-11(17(19)13-7-9-14(18)10-8-13)21-12(2)20-15-5-3-4-6-16(15)21/h3-11,17H,19H2,1-2H3. The average molecular weight is 283 g/mol. The summed E-state index contributed by atoms with van der Waals surface area (Å²) in [5.41, 5.74) is 9.32. The average Bonchev–Trinajstić information content (AvgIpc) is 2.82. The molecule has 3 nitrogen and oxygen atoms in total. The topological polar surface area (TPSA) is 43.8 Å². The quantitative estimate of drug-likeness (QED) is 0.795. The maximum atomic E-state index is 13.0. The first-order valence-corrected chi connectivity index (χ1v) is 7.02. The Morgan fingerprint density at radius 3 is 2.48 bits per heavy atom. The molecule has 1 heterocycles. The second-order valence-electron chi connectivity index (χ2n) is 5.34. The van der Waals surface area contributed by atoms with Gasteiger partial charge >= 0.3 is 0 Å². The van der Waals surface area contributed by atoms with Gasteiger partial charge in [0.25, 0.3) is 0 Å². The van der Waals surface area contributed by atoms with E-state index in [1.807, 2.05) is 31.2 Å². The Kier molecular flexibility index (Phi) is 3.47. The fourth-order valence-corrected chi connectivity index (χ4v) is 2.80. The zero-order valence-electron chi connectivity index (χ0n) is 12.1. The molecule has 4 heteroatoms. The molecule has 0 amide bonds. The van der Waals surface area contributed by atoms with Crippen LogP contribution in [0, 0.1) is 12.7 Å². The van der Waals surface area contributed by atoms with E-state index in [4.69, 9.17) is 5.73 Å². The summed E-state index contributed by atoms with van der Waals surface area (Å²) in [5.74, 6) is 0.684. The van der Waals surface area contributed by atoms with Crippen molar-refractivity contribution in [3.05, 3.63) is 65.7 Å². The molecule has 3 rings (SSSR count). The van der Waals surface area contributed by atoms with E-state index >= 15 is 0 Å². The fraction of sp³-hybridized carbons (Fsp3) is 0.235. The van der Waals surface area contributed by atoms with Crippen LogP contribution in [0.5, 0.6) is 0 Å². The van der Waals surface area contributed by atoms with Gasteiger partial charge < -0.3 is 10.3 Å². The minimum Gasteiger partial charge on any atom is -0.323 e. The molecule has 2 aromatic carbocycles. The predicted molar refractivity (Wildman–Crippen MR) is 82.5 cm³/mol. The van der Waals surface area contributed by atoms with Crippen molar-refractivity contribution in [2.75, 3.05) is 0 Å². The highest BCUT2D eigenvalue weighted by Crippen LogP contribution is 2.29. The van der Waals surface area contributed by atoms with E-state index in [9.17, 15) is 4.39 Å². The number of rotatable bonds is 3. The highest BCUT2D eigenvalue weighted by atomic mass is 19.1. The molecule has 21 heavy (non-hydrogen) atoms. The van der Waals surface area contributed by atoms with E-state index in [1.165, 1.54) is 12.1 Å². The lowest BCUT2D eigenvalue weighted by atomic mass is 10.0. The number of aromatic nitrogens is 2. The molecule has 2 N–H and O–H groups in total. The molecule has 3 aromatic rings. The summed E-state index contributed by atoms with van der Waals surface area (Å²) in [5, 5.41) is 0. The molecule has 0 aliphatic heterocycles. The van der Waals surface area contributed by atoms with Crippen LogP contribution in [0.15, 0.2) is 48.5 Å². The third kappa shape index (κ3) is 2.43. The number of hydrogen-bond acceptors (Lipinski definition) is 2. The van der Waals surface area contributed by atoms with Crippen molar-refractivity contribution < 1.29 is 4.39 Å². The van der Waals surface area contributed by atoms with Gasteiger partial charge in [-0.1, -0.05) is 24.3 Å². The molecular weight excluding hydrogens is 265 g/mol. The van der Waals surface area contributed by atoms with Crippen molar-refractivity contribution >= 4 is 11.0 Å². The molecule has 1 aromatic heterocycles. The Balaban J connectivity index is 2.01. The Morgan fingerprint density at radius 2 is 1.76 bits per heavy atom. The summed E-state index contributed by atoms with van der Waals surface area (Å²) < 4.78 is 15.2. The summed E-state index contributed by atoms with van der Waals surface area (Å²) in [7, 11) is 0. The number of nitrogens with zero attached hydrogens (tertiary/aromatic N) is 2. The van der Waals surface area contributed by atoms with Gasteiger partial charge in [-0.2, -0.15) is 0 Å². The lowest BCUT2D eigenvalue weighted by Gasteiger charge is -2.23. The zero-order valence-corrected chi connectivity index (χ0v) is 12.1. The maximum absolute atomic E-state index is 13.0. The van der Waals surface area contributed by atoms with Gasteiger partial charge in [0.05, 0.1) is 23.1 Å². The number of hydrogen-bond donors (Lipinski definition) is 1. The van der Waals surface area contributed by atoms with Crippen LogP contribution in [0.4, 0.5) is 4.39 Å². The van der Waals surface area contributed by atoms with Gasteiger partial charge in [-0.05, 0) is 43.7 Å². The first-order valence-electron chi connectivity index (χ1n) is 7.02. The molecule has 2 atom stereocenters. The lowest BCUT2D eigenvalue weighted by molar-refractivity contribution is 0.454. The second kappa shape index (κ2) is 5.30. The van der Waals surface area contributed by atoms with Crippen LogP contribution in [0.2, 0.25) is 0 Å². The van der Waals surface area contributed by atoms with Crippen LogP contribution < -0.4 is 5.73 Å². The van der Waals surface area contributed by atoms with Gasteiger partial charge in [-0.15, -0.1) is 0 Å². The minimum atomic E-state index is -0.247. The van der Waals surface area contributed by atoms with E-state index < -0.39 is 0 Å². The monoisotopic (exact) mass is 283 g/mol. The molecule has 0 bridgehead atoms. The van der Waals surface area contributed by atoms with Crippen LogP contribution in [-0.4, -0.2) is 9.55 Å². The van der Waals surface area contributed by atoms with Crippen molar-refractivity contribution in [2.45, 2.75) is 25.9 Å². The van der Waals surface area contributed by atoms with Crippen LogP contribution in [-0.2, 0) is 0 Å². The molecule has 0 spiro atoms. The summed E-state index contributed by atoms with van der Waals surface area (Å²) in [6.45, 7) is 4.04. The molecule has 0 aliphatic carbocycles. The molecule has 0 radical (unpaired) electrons. The lowest BCUT2D eigenvalue weighted by Crippen LogP contribution is -2.23. The Morgan fingerprint density at radius 1 is 1.10 bits per heavy atom. The second-order valence-corrected chi connectivity index (χ2v) is 5.34. The van der Waals surface area contributed by atoms with E-state index in [0.717, 1.165) is 22.4 Å². The van der Waals surface area contributed by atoms with E-state index in [2.05, 4.69) is 16.5 Å². The van der Waals surface area contributed by atoms with Gasteiger partial charge in [-0.3, -0.25) is 0 Å². The van der Waals surface area contributed by atoms with E-state index in [1.54, 1.807) is 12.1 Å². The van der Waals surface area contributed by atoms with Crippen LogP contribution >= 0.6 is 0 Å². The Labute approximate surface area is 123 Å². The molecule has 0 saturated heterocycles. The molecule has 0 fully saturated rings. The highest BCUT2D eigenvalue weighted by Gasteiger charge is 2.20. The van der Waals surface area contributed by atoms with Crippen molar-refractivity contribution in [1.82, 2.24) is 9.55 Å². The van der Waals surface area contributed by atoms with E-state index in [0.29, 0.717) is 0 Å². The number of para-hydroxylation sites is 2. The third-order valence-electron chi connectivity index (χ3n) is 3.95. The number of nitrogens with two attached hydrogens (primary N) is 1. The Bertz CT molecular complexity index is 761. The predicted octanol–water partition coefficient (Wildman–Crippen LogP) is 3.74. The molecule has 0 aliphatic rings. The third-order valence-corrected chi connectivity index (χ3v) is 3.95. The number of aryl methyl sites for hydroxylation is 1. The molecule has 108 valence electrons. The van der Waals surface area contributed by atoms with Gasteiger partial charge in [-0.25, -0.2) is 9.37 Å². The number of fused-ring (bicyclic) bond motifs is 1. The molecule has 2 unspecified atom stereocenters. The van der Waals surface area contributed by atoms with Crippen molar-refractivity contribution in [1.29, 1.82) is 0 Å². The largest absolute Gasteiger partial charge is 0.323 e. The van der Waals surface area contributed by atoms with Crippen LogP contribution in [0.3, 0.4) is 0 Å². The number of benzene rings is 2. The maximum Gasteiger partial charge on any atom is 0.123 e.